The second kappa shape index (κ2) is 6.96. The molecule has 9 heteroatoms. The summed E-state index contributed by atoms with van der Waals surface area (Å²) in [4.78, 5) is 37.7. The number of amides is 3. The predicted octanol–water partition coefficient (Wildman–Crippen LogP) is 1.70. The molecule has 1 unspecified atom stereocenters. The molecule has 1 N–H and O–H groups in total. The zero-order valence-electron chi connectivity index (χ0n) is 15.7. The molecule has 8 nitrogen and oxygen atoms in total. The van der Waals surface area contributed by atoms with Crippen LogP contribution in [-0.4, -0.2) is 62.4 Å². The summed E-state index contributed by atoms with van der Waals surface area (Å²) in [6.45, 7) is 3.01. The van der Waals surface area contributed by atoms with Crippen molar-refractivity contribution in [2.24, 2.45) is 11.8 Å². The van der Waals surface area contributed by atoms with Crippen molar-refractivity contribution in [3.63, 3.8) is 0 Å². The number of benzene rings is 1. The number of fused-ring (bicyclic) bond motifs is 1. The summed E-state index contributed by atoms with van der Waals surface area (Å²) in [5.41, 5.74) is 1.05. The van der Waals surface area contributed by atoms with Crippen LogP contribution in [0.3, 0.4) is 0 Å². The summed E-state index contributed by atoms with van der Waals surface area (Å²) in [7, 11) is 1.35. The van der Waals surface area contributed by atoms with Crippen molar-refractivity contribution in [3.05, 3.63) is 29.6 Å². The van der Waals surface area contributed by atoms with Gasteiger partial charge in [-0.3, -0.25) is 9.69 Å². The number of carbonyl (C=O) groups is 3. The van der Waals surface area contributed by atoms with Crippen LogP contribution in [0.5, 0.6) is 0 Å². The largest absolute Gasteiger partial charge is 0.453 e. The van der Waals surface area contributed by atoms with Gasteiger partial charge in [0.2, 0.25) is 5.91 Å². The number of carbonyl (C=O) groups excluding carboxylic acids is 3. The summed E-state index contributed by atoms with van der Waals surface area (Å²) in [6.07, 6.45) is -1.37. The summed E-state index contributed by atoms with van der Waals surface area (Å²) in [5.74, 6) is 0.0229. The second-order valence-electron chi connectivity index (χ2n) is 7.49. The number of halogens is 1. The van der Waals surface area contributed by atoms with Crippen molar-refractivity contribution in [1.82, 2.24) is 10.2 Å². The highest BCUT2D eigenvalue weighted by Crippen LogP contribution is 2.58. The number of piperidine rings is 1. The van der Waals surface area contributed by atoms with Gasteiger partial charge in [-0.1, -0.05) is 6.07 Å². The van der Waals surface area contributed by atoms with Crippen LogP contribution in [0, 0.1) is 17.7 Å². The van der Waals surface area contributed by atoms with Crippen LogP contribution in [0.1, 0.15) is 18.4 Å². The van der Waals surface area contributed by atoms with Crippen molar-refractivity contribution < 1.29 is 28.2 Å². The lowest BCUT2D eigenvalue weighted by Crippen LogP contribution is -2.33. The highest BCUT2D eigenvalue weighted by Gasteiger charge is 2.58. The average Bonchev–Trinajstić information content (AvgIpc) is 3.00. The number of hydrogen-bond donors (Lipinski definition) is 1. The summed E-state index contributed by atoms with van der Waals surface area (Å²) in [5, 5.41) is 2.61. The Kier molecular flexibility index (Phi) is 4.60. The predicted molar refractivity (Wildman–Crippen MR) is 96.4 cm³/mol. The fraction of sp³-hybridized carbons (Fsp3) is 0.526. The number of ether oxygens (including phenoxy) is 2. The van der Waals surface area contributed by atoms with Gasteiger partial charge in [0.25, 0.3) is 0 Å². The Hall–Kier alpha value is -2.84. The molecule has 0 radical (unpaired) electrons. The van der Waals surface area contributed by atoms with Gasteiger partial charge in [0.1, 0.15) is 11.9 Å². The lowest BCUT2D eigenvalue weighted by molar-refractivity contribution is -0.119. The molecule has 2 saturated heterocycles. The molecule has 0 spiro atoms. The van der Waals surface area contributed by atoms with E-state index in [1.54, 1.807) is 17.0 Å². The Balaban J connectivity index is 1.40. The van der Waals surface area contributed by atoms with E-state index in [0.717, 1.165) is 0 Å². The van der Waals surface area contributed by atoms with Crippen molar-refractivity contribution in [3.8, 4) is 0 Å². The number of nitrogens with zero attached hydrogens (tertiary/aromatic N) is 2. The summed E-state index contributed by atoms with van der Waals surface area (Å²) in [6, 6.07) is 4.78. The van der Waals surface area contributed by atoms with Crippen LogP contribution in [0.15, 0.2) is 18.2 Å². The SMILES string of the molecule is COC(=O)N1C[C@@H]2C(c3ccc(N4C[C@H](CNC(C)=O)OC4=O)cc3F)[C@@H]2C1. The van der Waals surface area contributed by atoms with Gasteiger partial charge in [-0.25, -0.2) is 14.0 Å². The Morgan fingerprint density at radius 1 is 1.29 bits per heavy atom. The maximum absolute atomic E-state index is 14.8. The molecule has 150 valence electrons. The van der Waals surface area contributed by atoms with Crippen LogP contribution < -0.4 is 10.2 Å². The van der Waals surface area contributed by atoms with Gasteiger partial charge in [-0.05, 0) is 35.4 Å². The van der Waals surface area contributed by atoms with E-state index in [2.05, 4.69) is 5.32 Å². The number of cyclic esters (lactones) is 1. The molecule has 1 saturated carbocycles. The second-order valence-corrected chi connectivity index (χ2v) is 7.49. The molecule has 3 aliphatic rings. The minimum absolute atomic E-state index is 0.0907. The van der Waals surface area contributed by atoms with Crippen LogP contribution in [0.2, 0.25) is 0 Å². The Morgan fingerprint density at radius 3 is 2.61 bits per heavy atom. The molecule has 0 aromatic heterocycles. The van der Waals surface area contributed by atoms with Crippen LogP contribution in [0.25, 0.3) is 0 Å². The highest BCUT2D eigenvalue weighted by molar-refractivity contribution is 5.89. The van der Waals surface area contributed by atoms with Crippen LogP contribution in [-0.2, 0) is 14.3 Å². The molecule has 3 amide bonds. The summed E-state index contributed by atoms with van der Waals surface area (Å²) >= 11 is 0. The first-order valence-electron chi connectivity index (χ1n) is 9.24. The monoisotopic (exact) mass is 391 g/mol. The molecule has 4 rings (SSSR count). The molecule has 1 aromatic rings. The van der Waals surface area contributed by atoms with Gasteiger partial charge in [-0.2, -0.15) is 0 Å². The van der Waals surface area contributed by atoms with E-state index < -0.39 is 12.2 Å². The first kappa shape index (κ1) is 18.5. The molecule has 3 fully saturated rings. The highest BCUT2D eigenvalue weighted by atomic mass is 19.1. The van der Waals surface area contributed by atoms with Crippen molar-refractivity contribution in [2.45, 2.75) is 18.9 Å². The lowest BCUT2D eigenvalue weighted by atomic mass is 10.1. The van der Waals surface area contributed by atoms with Gasteiger partial charge < -0.3 is 19.7 Å². The maximum Gasteiger partial charge on any atom is 0.414 e. The maximum atomic E-state index is 14.8. The third-order valence-electron chi connectivity index (χ3n) is 5.73. The Bertz CT molecular complexity index is 820. The molecule has 2 heterocycles. The van der Waals surface area contributed by atoms with E-state index >= 15 is 0 Å². The number of hydrogen-bond acceptors (Lipinski definition) is 5. The van der Waals surface area contributed by atoms with Gasteiger partial charge in [0.15, 0.2) is 0 Å². The number of nitrogens with one attached hydrogen (secondary N) is 1. The third-order valence-corrected chi connectivity index (χ3v) is 5.73. The molecule has 1 aromatic carbocycles. The van der Waals surface area contributed by atoms with Gasteiger partial charge in [-0.15, -0.1) is 0 Å². The zero-order chi connectivity index (χ0) is 20.0. The third kappa shape index (κ3) is 3.25. The van der Waals surface area contributed by atoms with E-state index in [1.807, 2.05) is 0 Å². The van der Waals surface area contributed by atoms with Gasteiger partial charge >= 0.3 is 12.2 Å². The number of methoxy groups -OCH3 is 1. The van der Waals surface area contributed by atoms with Crippen molar-refractivity contribution in [1.29, 1.82) is 0 Å². The van der Waals surface area contributed by atoms with Gasteiger partial charge in [0.05, 0.1) is 25.9 Å². The quantitative estimate of drug-likeness (QED) is 0.844. The fourth-order valence-electron chi connectivity index (χ4n) is 4.32. The van der Waals surface area contributed by atoms with Crippen LogP contribution in [0.4, 0.5) is 19.7 Å². The minimum atomic E-state index is -0.556. The van der Waals surface area contributed by atoms with E-state index in [-0.39, 0.29) is 48.7 Å². The first-order chi connectivity index (χ1) is 13.4. The van der Waals surface area contributed by atoms with Crippen molar-refractivity contribution in [2.75, 3.05) is 38.2 Å². The summed E-state index contributed by atoms with van der Waals surface area (Å²) < 4.78 is 24.7. The van der Waals surface area contributed by atoms with E-state index in [9.17, 15) is 18.8 Å². The molecule has 1 aliphatic carbocycles. The topological polar surface area (TPSA) is 88.2 Å². The minimum Gasteiger partial charge on any atom is -0.453 e. The Labute approximate surface area is 161 Å². The lowest BCUT2D eigenvalue weighted by Gasteiger charge is -2.19. The molecule has 28 heavy (non-hydrogen) atoms. The molecule has 0 bridgehead atoms. The molecule has 4 atom stereocenters. The fourth-order valence-corrected chi connectivity index (χ4v) is 4.32. The van der Waals surface area contributed by atoms with Crippen molar-refractivity contribution >= 4 is 23.8 Å². The number of likely N-dealkylation sites (tertiary alicyclic amines) is 1. The molecular formula is C19H22FN3O5. The van der Waals surface area contributed by atoms with E-state index in [1.165, 1.54) is 25.0 Å². The molecule has 2 aliphatic heterocycles. The van der Waals surface area contributed by atoms with Crippen LogP contribution >= 0.6 is 0 Å². The smallest absolute Gasteiger partial charge is 0.414 e. The first-order valence-corrected chi connectivity index (χ1v) is 9.24. The number of anilines is 1. The Morgan fingerprint density at radius 2 is 2.00 bits per heavy atom. The molecular weight excluding hydrogens is 369 g/mol. The zero-order valence-corrected chi connectivity index (χ0v) is 15.7. The van der Waals surface area contributed by atoms with E-state index in [0.29, 0.717) is 24.3 Å². The number of rotatable bonds is 4. The average molecular weight is 391 g/mol. The normalized spacial score (nSPS) is 28.0. The van der Waals surface area contributed by atoms with E-state index in [4.69, 9.17) is 9.47 Å². The standard InChI is InChI=1S/C19H22FN3O5/c1-10(24)21-6-12-7-23(19(26)28-12)11-3-4-13(16(20)5-11)17-14-8-22(9-15(14)17)18(25)27-2/h3-5,12,14-15,17H,6-9H2,1-2H3,(H,21,24)/t12-,14-,15+,17?/m0/s1. The van der Waals surface area contributed by atoms with Gasteiger partial charge in [0, 0.05) is 20.0 Å².